The van der Waals surface area contributed by atoms with Crippen LogP contribution in [0.5, 0.6) is 0 Å². The Bertz CT molecular complexity index is 165. The Morgan fingerprint density at radius 1 is 1.64 bits per heavy atom. The molecule has 60 valence electrons. The fourth-order valence-corrected chi connectivity index (χ4v) is 0.661. The highest BCUT2D eigenvalue weighted by Gasteiger charge is 1.59. The molecule has 2 nitrogen and oxygen atoms in total. The molecule has 1 aromatic rings. The van der Waals surface area contributed by atoms with Gasteiger partial charge in [0.05, 0.1) is 12.5 Å². The molecule has 0 saturated heterocycles. The predicted molar refractivity (Wildman–Crippen MR) is 48.2 cm³/mol. The lowest BCUT2D eigenvalue weighted by Gasteiger charge is -1.79. The molecule has 11 heavy (non-hydrogen) atoms. The second kappa shape index (κ2) is 8.91. The number of nitrogens with zero attached hydrogens (tertiary/aromatic N) is 1. The van der Waals surface area contributed by atoms with Crippen LogP contribution in [0, 0.1) is 0 Å². The molecule has 0 spiro atoms. The molecule has 0 unspecified atom stereocenters. The quantitative estimate of drug-likeness (QED) is 0.635. The van der Waals surface area contributed by atoms with Gasteiger partial charge in [-0.1, -0.05) is 12.7 Å². The zero-order valence-electron chi connectivity index (χ0n) is 6.43. The summed E-state index contributed by atoms with van der Waals surface area (Å²) in [5.74, 6) is 0. The summed E-state index contributed by atoms with van der Waals surface area (Å²) in [7, 11) is 0. The van der Waals surface area contributed by atoms with E-state index in [0.717, 1.165) is 0 Å². The lowest BCUT2D eigenvalue weighted by Crippen LogP contribution is -1.56. The third-order valence-electron chi connectivity index (χ3n) is 0.658. The van der Waals surface area contributed by atoms with Crippen LogP contribution in [0.3, 0.4) is 0 Å². The molecule has 0 amide bonds. The highest BCUT2D eigenvalue weighted by atomic mass is 32.1. The monoisotopic (exact) mass is 169 g/mol. The fourth-order valence-electron chi connectivity index (χ4n) is 0.310. The van der Waals surface area contributed by atoms with E-state index in [1.54, 1.807) is 18.5 Å². The van der Waals surface area contributed by atoms with Gasteiger partial charge in [0.1, 0.15) is 0 Å². The Morgan fingerprint density at radius 2 is 2.45 bits per heavy atom. The summed E-state index contributed by atoms with van der Waals surface area (Å²) >= 11 is 1.46. The molecule has 0 aliphatic carbocycles. The van der Waals surface area contributed by atoms with Crippen LogP contribution in [0.1, 0.15) is 6.92 Å². The zero-order valence-corrected chi connectivity index (χ0v) is 7.25. The lowest BCUT2D eigenvalue weighted by atomic mass is 10.7. The fraction of sp³-hybridized carbons (Fsp3) is 0.125. The number of hydrogen-bond donors (Lipinski definition) is 0. The molecule has 0 saturated carbocycles. The maximum atomic E-state index is 4.57. The summed E-state index contributed by atoms with van der Waals surface area (Å²) < 4.78 is 8.33. The van der Waals surface area contributed by atoms with E-state index in [-0.39, 0.29) is 0 Å². The minimum absolute atomic E-state index is 1.38. The Hall–Kier alpha value is -1.09. The van der Waals surface area contributed by atoms with E-state index in [1.807, 2.05) is 18.4 Å². The van der Waals surface area contributed by atoms with Crippen molar-refractivity contribution in [2.24, 2.45) is 0 Å². The van der Waals surface area contributed by atoms with E-state index in [4.69, 9.17) is 0 Å². The second-order valence-corrected chi connectivity index (χ2v) is 2.15. The van der Waals surface area contributed by atoms with Crippen LogP contribution in [0.4, 0.5) is 0 Å². The first kappa shape index (κ1) is 9.91. The van der Waals surface area contributed by atoms with Crippen molar-refractivity contribution in [3.8, 4) is 0 Å². The van der Waals surface area contributed by atoms with Gasteiger partial charge in [0.25, 0.3) is 0 Å². The molecule has 0 atom stereocenters. The van der Waals surface area contributed by atoms with Crippen LogP contribution in [0.15, 0.2) is 42.8 Å². The van der Waals surface area contributed by atoms with Gasteiger partial charge >= 0.3 is 0 Å². The first-order valence-electron chi connectivity index (χ1n) is 3.13. The predicted octanol–water partition coefficient (Wildman–Crippen LogP) is 2.82. The van der Waals surface area contributed by atoms with Gasteiger partial charge in [-0.05, 0) is 24.5 Å². The molecule has 0 aliphatic heterocycles. The van der Waals surface area contributed by atoms with E-state index in [9.17, 15) is 0 Å². The zero-order chi connectivity index (χ0) is 8.36. The van der Waals surface area contributed by atoms with Crippen molar-refractivity contribution in [3.05, 3.63) is 42.8 Å². The van der Waals surface area contributed by atoms with Crippen molar-refractivity contribution >= 4 is 11.5 Å². The van der Waals surface area contributed by atoms with Crippen molar-refractivity contribution in [3.63, 3.8) is 0 Å². The van der Waals surface area contributed by atoms with Gasteiger partial charge in [-0.3, -0.25) is 0 Å². The van der Waals surface area contributed by atoms with Crippen LogP contribution < -0.4 is 0 Å². The molecular formula is C8H11NOS. The molecule has 0 aromatic carbocycles. The lowest BCUT2D eigenvalue weighted by molar-refractivity contribution is 0.404. The van der Waals surface area contributed by atoms with Crippen LogP contribution in [0.25, 0.3) is 0 Å². The Balaban J connectivity index is 0.000000183. The van der Waals surface area contributed by atoms with Crippen LogP contribution in [-0.2, 0) is 4.74 Å². The van der Waals surface area contributed by atoms with Crippen molar-refractivity contribution in [2.45, 2.75) is 6.92 Å². The normalized spacial score (nSPS) is 8.45. The van der Waals surface area contributed by atoms with Gasteiger partial charge < -0.3 is 4.74 Å². The summed E-state index contributed by atoms with van der Waals surface area (Å²) in [6.07, 6.45) is 6.50. The smallest absolute Gasteiger partial charge is 0.0858 e. The van der Waals surface area contributed by atoms with Crippen LogP contribution in [-0.4, -0.2) is 4.37 Å². The Kier molecular flexibility index (Phi) is 8.03. The third-order valence-corrected chi connectivity index (χ3v) is 1.18. The molecule has 0 aliphatic rings. The molecule has 0 radical (unpaired) electrons. The Labute approximate surface area is 71.0 Å². The van der Waals surface area contributed by atoms with E-state index < -0.39 is 0 Å². The van der Waals surface area contributed by atoms with Gasteiger partial charge in [-0.2, -0.15) is 0 Å². The molecular weight excluding hydrogens is 158 g/mol. The molecule has 1 heterocycles. The standard InChI is InChI=1S/C5H8O.C3H3NS/c1-3-5-6-4-2;1-2-4-5-3-1/h3-5H,2H2,1H3;1-3H/b5-3-;. The minimum atomic E-state index is 1.38. The second-order valence-electron chi connectivity index (χ2n) is 1.46. The number of aromatic nitrogens is 1. The molecule has 0 bridgehead atoms. The van der Waals surface area contributed by atoms with E-state index in [2.05, 4.69) is 15.7 Å². The van der Waals surface area contributed by atoms with Gasteiger partial charge in [-0.25, -0.2) is 4.37 Å². The molecule has 0 N–H and O–H groups in total. The van der Waals surface area contributed by atoms with Gasteiger partial charge in [0.15, 0.2) is 0 Å². The summed E-state index contributed by atoms with van der Waals surface area (Å²) in [6.45, 7) is 5.20. The molecule has 1 aromatic heterocycles. The average molecular weight is 169 g/mol. The van der Waals surface area contributed by atoms with Crippen LogP contribution in [0.2, 0.25) is 0 Å². The molecule has 1 rings (SSSR count). The largest absolute Gasteiger partial charge is 0.474 e. The Morgan fingerprint density at radius 3 is 2.64 bits per heavy atom. The topological polar surface area (TPSA) is 22.1 Å². The first-order chi connectivity index (χ1) is 5.41. The van der Waals surface area contributed by atoms with E-state index in [0.29, 0.717) is 0 Å². The van der Waals surface area contributed by atoms with Crippen molar-refractivity contribution < 1.29 is 4.74 Å². The number of ether oxygens (including phenoxy) is 1. The van der Waals surface area contributed by atoms with Crippen molar-refractivity contribution in [2.75, 3.05) is 0 Å². The minimum Gasteiger partial charge on any atom is -0.474 e. The van der Waals surface area contributed by atoms with E-state index >= 15 is 0 Å². The van der Waals surface area contributed by atoms with Crippen molar-refractivity contribution in [1.82, 2.24) is 4.37 Å². The average Bonchev–Trinajstić information content (AvgIpc) is 2.57. The number of hydrogen-bond acceptors (Lipinski definition) is 3. The van der Waals surface area contributed by atoms with Gasteiger partial charge in [-0.15, -0.1) is 0 Å². The van der Waals surface area contributed by atoms with Crippen molar-refractivity contribution in [1.29, 1.82) is 0 Å². The number of allylic oxidation sites excluding steroid dienone is 1. The molecule has 3 heteroatoms. The summed E-state index contributed by atoms with van der Waals surface area (Å²) in [4.78, 5) is 0. The highest BCUT2D eigenvalue weighted by molar-refractivity contribution is 7.03. The number of rotatable bonds is 2. The maximum Gasteiger partial charge on any atom is 0.0858 e. The van der Waals surface area contributed by atoms with Gasteiger partial charge in [0, 0.05) is 11.6 Å². The summed E-state index contributed by atoms with van der Waals surface area (Å²) in [5.41, 5.74) is 0. The first-order valence-corrected chi connectivity index (χ1v) is 3.97. The van der Waals surface area contributed by atoms with Crippen LogP contribution >= 0.6 is 11.5 Å². The maximum absolute atomic E-state index is 4.57. The molecule has 0 fully saturated rings. The highest BCUT2D eigenvalue weighted by Crippen LogP contribution is 1.83. The SMILES string of the molecule is C=CO/C=C\C.c1cnsc1. The summed E-state index contributed by atoms with van der Waals surface area (Å²) in [5, 5.41) is 1.93. The third kappa shape index (κ3) is 8.91. The summed E-state index contributed by atoms with van der Waals surface area (Å²) in [6, 6.07) is 1.91. The van der Waals surface area contributed by atoms with Gasteiger partial charge in [0.2, 0.25) is 0 Å². The van der Waals surface area contributed by atoms with E-state index in [1.165, 1.54) is 17.8 Å².